The van der Waals surface area contributed by atoms with E-state index in [1.165, 1.54) is 5.56 Å². The van der Waals surface area contributed by atoms with E-state index in [1.807, 2.05) is 26.1 Å². The third-order valence-electron chi connectivity index (χ3n) is 4.26. The van der Waals surface area contributed by atoms with Gasteiger partial charge in [-0.25, -0.2) is 4.68 Å². The molecule has 0 bridgehead atoms. The maximum atomic E-state index is 6.10. The van der Waals surface area contributed by atoms with E-state index in [-0.39, 0.29) is 0 Å². The van der Waals surface area contributed by atoms with Gasteiger partial charge in [0, 0.05) is 25.9 Å². The summed E-state index contributed by atoms with van der Waals surface area (Å²) < 4.78 is 14.5. The van der Waals surface area contributed by atoms with Crippen molar-refractivity contribution in [2.24, 2.45) is 7.05 Å². The Morgan fingerprint density at radius 1 is 1.17 bits per heavy atom. The Labute approximate surface area is 189 Å². The first-order valence-corrected chi connectivity index (χ1v) is 11.5. The minimum atomic E-state index is 0.492. The summed E-state index contributed by atoms with van der Waals surface area (Å²) in [5.74, 6) is 2.36. The lowest BCUT2D eigenvalue weighted by Crippen LogP contribution is -2.17. The highest BCUT2D eigenvalue weighted by Crippen LogP contribution is 2.37. The first kappa shape index (κ1) is 22.6. The molecule has 0 saturated carbocycles. The second-order valence-corrected chi connectivity index (χ2v) is 8.64. The maximum Gasteiger partial charge on any atom is 0.209 e. The number of ether oxygens (including phenoxy) is 2. The Morgan fingerprint density at radius 3 is 2.77 bits per heavy atom. The van der Waals surface area contributed by atoms with Crippen LogP contribution >= 0.6 is 27.7 Å². The van der Waals surface area contributed by atoms with Crippen molar-refractivity contribution in [2.75, 3.05) is 18.9 Å². The van der Waals surface area contributed by atoms with Gasteiger partial charge in [-0.3, -0.25) is 0 Å². The van der Waals surface area contributed by atoms with Crippen LogP contribution in [0, 0.1) is 6.92 Å². The van der Waals surface area contributed by atoms with Crippen molar-refractivity contribution in [3.63, 3.8) is 0 Å². The number of benzene rings is 2. The summed E-state index contributed by atoms with van der Waals surface area (Å²) in [6.45, 7) is 6.69. The van der Waals surface area contributed by atoms with Gasteiger partial charge in [0.2, 0.25) is 5.16 Å². The number of rotatable bonds is 11. The van der Waals surface area contributed by atoms with Crippen LogP contribution in [0.5, 0.6) is 11.5 Å². The van der Waals surface area contributed by atoms with Gasteiger partial charge in [0.25, 0.3) is 0 Å². The van der Waals surface area contributed by atoms with Crippen LogP contribution in [0.1, 0.15) is 23.6 Å². The molecule has 0 spiro atoms. The Kier molecular flexibility index (Phi) is 8.53. The van der Waals surface area contributed by atoms with E-state index < -0.39 is 0 Å². The number of nitrogens with one attached hydrogen (secondary N) is 1. The Hall–Kier alpha value is -2.10. The number of hydrogen-bond acceptors (Lipinski definition) is 7. The third kappa shape index (κ3) is 6.45. The van der Waals surface area contributed by atoms with E-state index in [2.05, 4.69) is 68.0 Å². The minimum absolute atomic E-state index is 0.492. The molecule has 9 heteroatoms. The van der Waals surface area contributed by atoms with Gasteiger partial charge in [-0.05, 0) is 63.5 Å². The van der Waals surface area contributed by atoms with Crippen LogP contribution in [0.3, 0.4) is 0 Å². The quantitative estimate of drug-likeness (QED) is 0.319. The van der Waals surface area contributed by atoms with Crippen molar-refractivity contribution < 1.29 is 9.47 Å². The Balaban J connectivity index is 1.57. The zero-order chi connectivity index (χ0) is 21.3. The zero-order valence-corrected chi connectivity index (χ0v) is 19.8. The lowest BCUT2D eigenvalue weighted by Gasteiger charge is -2.16. The molecule has 0 aliphatic heterocycles. The molecule has 0 aliphatic rings. The summed E-state index contributed by atoms with van der Waals surface area (Å²) >= 11 is 5.27. The van der Waals surface area contributed by atoms with Crippen LogP contribution in [0.2, 0.25) is 0 Å². The summed E-state index contributed by atoms with van der Waals surface area (Å²) in [5.41, 5.74) is 3.47. The van der Waals surface area contributed by atoms with E-state index >= 15 is 0 Å². The molecule has 0 unspecified atom stereocenters. The molecule has 3 aromatic rings. The number of hydrogen-bond donors (Lipinski definition) is 1. The highest BCUT2D eigenvalue weighted by Gasteiger charge is 2.13. The molecule has 160 valence electrons. The first-order chi connectivity index (χ1) is 14.6. The van der Waals surface area contributed by atoms with Gasteiger partial charge in [-0.2, -0.15) is 0 Å². The lowest BCUT2D eigenvalue weighted by molar-refractivity contribution is 0.267. The van der Waals surface area contributed by atoms with Crippen molar-refractivity contribution in [3.05, 3.63) is 57.6 Å². The van der Waals surface area contributed by atoms with Gasteiger partial charge in [-0.15, -0.1) is 5.10 Å². The Bertz CT molecular complexity index is 966. The molecule has 2 aromatic carbocycles. The smallest absolute Gasteiger partial charge is 0.209 e. The third-order valence-corrected chi connectivity index (χ3v) is 5.86. The minimum Gasteiger partial charge on any atom is -0.490 e. The molecule has 0 amide bonds. The van der Waals surface area contributed by atoms with Gasteiger partial charge in [-0.1, -0.05) is 41.6 Å². The fraction of sp³-hybridized carbons (Fsp3) is 0.381. The van der Waals surface area contributed by atoms with Crippen LogP contribution in [-0.2, 0) is 20.2 Å². The van der Waals surface area contributed by atoms with Crippen molar-refractivity contribution >= 4 is 27.7 Å². The average molecular weight is 492 g/mol. The number of nitrogens with zero attached hydrogens (tertiary/aromatic N) is 4. The van der Waals surface area contributed by atoms with Gasteiger partial charge in [0.15, 0.2) is 11.5 Å². The normalized spacial score (nSPS) is 10.9. The van der Waals surface area contributed by atoms with E-state index in [4.69, 9.17) is 9.47 Å². The number of tetrazole rings is 1. The summed E-state index contributed by atoms with van der Waals surface area (Å²) in [6, 6.07) is 12.4. The predicted molar refractivity (Wildman–Crippen MR) is 122 cm³/mol. The fourth-order valence-electron chi connectivity index (χ4n) is 2.87. The number of halogens is 1. The van der Waals surface area contributed by atoms with Crippen molar-refractivity contribution in [3.8, 4) is 11.5 Å². The molecule has 1 N–H and O–H groups in total. The highest BCUT2D eigenvalue weighted by atomic mass is 79.9. The molecule has 1 heterocycles. The van der Waals surface area contributed by atoms with Crippen molar-refractivity contribution in [1.82, 2.24) is 25.5 Å². The molecule has 0 radical (unpaired) electrons. The van der Waals surface area contributed by atoms with E-state index in [0.717, 1.165) is 51.1 Å². The second kappa shape index (κ2) is 11.3. The monoisotopic (exact) mass is 491 g/mol. The molecular formula is C21H26BrN5O2S. The molecule has 3 rings (SSSR count). The van der Waals surface area contributed by atoms with E-state index in [1.54, 1.807) is 16.4 Å². The van der Waals surface area contributed by atoms with Gasteiger partial charge >= 0.3 is 0 Å². The van der Waals surface area contributed by atoms with Crippen LogP contribution in [0.15, 0.2) is 46.0 Å². The first-order valence-electron chi connectivity index (χ1n) is 9.76. The van der Waals surface area contributed by atoms with Crippen LogP contribution in [0.4, 0.5) is 0 Å². The number of aryl methyl sites for hydroxylation is 2. The molecular weight excluding hydrogens is 466 g/mol. The molecule has 7 nitrogen and oxygen atoms in total. The number of aromatic nitrogens is 4. The Morgan fingerprint density at radius 2 is 2.03 bits per heavy atom. The largest absolute Gasteiger partial charge is 0.490 e. The summed E-state index contributed by atoms with van der Waals surface area (Å²) in [4.78, 5) is 0. The van der Waals surface area contributed by atoms with E-state index in [9.17, 15) is 0 Å². The molecule has 0 saturated heterocycles. The lowest BCUT2D eigenvalue weighted by atomic mass is 10.1. The van der Waals surface area contributed by atoms with E-state index in [0.29, 0.717) is 13.2 Å². The van der Waals surface area contributed by atoms with Gasteiger partial charge in [0.1, 0.15) is 6.61 Å². The summed E-state index contributed by atoms with van der Waals surface area (Å²) in [6.07, 6.45) is 0. The van der Waals surface area contributed by atoms with Crippen LogP contribution < -0.4 is 14.8 Å². The maximum absolute atomic E-state index is 6.10. The van der Waals surface area contributed by atoms with Crippen LogP contribution in [0.25, 0.3) is 0 Å². The van der Waals surface area contributed by atoms with Gasteiger partial charge in [0.05, 0.1) is 11.1 Å². The topological polar surface area (TPSA) is 74.1 Å². The standard InChI is InChI=1S/C21H26BrN5O2S/c1-4-28-19-12-17(13-23-8-9-30-21-24-25-26-27(21)3)11-18(22)20(19)29-14-16-7-5-6-15(2)10-16/h5-7,10-12,23H,4,8-9,13-14H2,1-3H3. The molecule has 1 aromatic heterocycles. The van der Waals surface area contributed by atoms with Crippen molar-refractivity contribution in [2.45, 2.75) is 32.2 Å². The molecule has 0 fully saturated rings. The zero-order valence-electron chi connectivity index (χ0n) is 17.4. The van der Waals surface area contributed by atoms with Gasteiger partial charge < -0.3 is 14.8 Å². The fourth-order valence-corrected chi connectivity index (χ4v) is 4.23. The number of thioether (sulfide) groups is 1. The second-order valence-electron chi connectivity index (χ2n) is 6.73. The molecule has 0 aliphatic carbocycles. The molecule has 0 atom stereocenters. The van der Waals surface area contributed by atoms with Crippen molar-refractivity contribution in [1.29, 1.82) is 0 Å². The SMILES string of the molecule is CCOc1cc(CNCCSc2nnnn2C)cc(Br)c1OCc1cccc(C)c1. The highest BCUT2D eigenvalue weighted by molar-refractivity contribution is 9.10. The summed E-state index contributed by atoms with van der Waals surface area (Å²) in [5, 5.41) is 15.7. The predicted octanol–water partition coefficient (Wildman–Crippen LogP) is 4.14. The average Bonchev–Trinajstić information content (AvgIpc) is 3.12. The summed E-state index contributed by atoms with van der Waals surface area (Å²) in [7, 11) is 1.84. The molecule has 30 heavy (non-hydrogen) atoms. The van der Waals surface area contributed by atoms with Crippen LogP contribution in [-0.4, -0.2) is 39.1 Å².